The van der Waals surface area contributed by atoms with Crippen LogP contribution in [0.2, 0.25) is 0 Å². The third kappa shape index (κ3) is 4.01. The topological polar surface area (TPSA) is 135 Å². The number of carboxylic acids is 1. The van der Waals surface area contributed by atoms with Crippen molar-refractivity contribution in [1.82, 2.24) is 9.97 Å². The summed E-state index contributed by atoms with van der Waals surface area (Å²) in [6.07, 6.45) is 3.82. The van der Waals surface area contributed by atoms with E-state index in [9.17, 15) is 9.90 Å². The highest BCUT2D eigenvalue weighted by atomic mass is 16.4. The number of carboxylic acid groups (broad SMARTS) is 1. The largest absolute Gasteiger partial charge is 0.493 e. The van der Waals surface area contributed by atoms with Crippen LogP contribution < -0.4 is 11.5 Å². The molecule has 1 atom stereocenters. The fourth-order valence-corrected chi connectivity index (χ4v) is 2.54. The summed E-state index contributed by atoms with van der Waals surface area (Å²) in [5, 5.41) is 18.7. The Bertz CT molecular complexity index is 721. The Kier molecular flexibility index (Phi) is 5.36. The van der Waals surface area contributed by atoms with Gasteiger partial charge in [-0.15, -0.1) is 6.58 Å². The molecule has 0 saturated heterocycles. The minimum Gasteiger partial charge on any atom is -0.493 e. The molecule has 1 aromatic heterocycles. The van der Waals surface area contributed by atoms with Crippen LogP contribution in [0.15, 0.2) is 36.9 Å². The monoisotopic (exact) mass is 328 g/mol. The number of nitrogens with two attached hydrogens (primary N) is 2. The second-order valence-corrected chi connectivity index (χ2v) is 5.43. The number of aromatic nitrogens is 2. The number of nitrogen functional groups attached to an aromatic ring is 2. The van der Waals surface area contributed by atoms with Crippen LogP contribution in [-0.2, 0) is 6.42 Å². The van der Waals surface area contributed by atoms with Gasteiger partial charge in [0.2, 0.25) is 11.8 Å². The van der Waals surface area contributed by atoms with Crippen molar-refractivity contribution < 1.29 is 15.0 Å². The summed E-state index contributed by atoms with van der Waals surface area (Å²) >= 11 is 0. The van der Waals surface area contributed by atoms with Crippen molar-refractivity contribution >= 4 is 17.7 Å². The smallest absolute Gasteiger partial charge is 0.335 e. The number of hydrogen-bond acceptors (Lipinski definition) is 6. The second kappa shape index (κ2) is 7.45. The van der Waals surface area contributed by atoms with E-state index in [4.69, 9.17) is 16.6 Å². The third-order valence-corrected chi connectivity index (χ3v) is 3.85. The fourth-order valence-electron chi connectivity index (χ4n) is 2.54. The van der Waals surface area contributed by atoms with Gasteiger partial charge in [0.15, 0.2) is 0 Å². The number of rotatable bonds is 7. The highest BCUT2D eigenvalue weighted by Gasteiger charge is 2.13. The Labute approximate surface area is 139 Å². The van der Waals surface area contributed by atoms with Gasteiger partial charge in [-0.3, -0.25) is 0 Å². The first-order valence-electron chi connectivity index (χ1n) is 7.49. The number of nitrogens with zero attached hydrogens (tertiary/aromatic N) is 2. The van der Waals surface area contributed by atoms with Crippen LogP contribution >= 0.6 is 0 Å². The Balaban J connectivity index is 2.02. The van der Waals surface area contributed by atoms with E-state index in [1.165, 1.54) is 0 Å². The van der Waals surface area contributed by atoms with Gasteiger partial charge in [0, 0.05) is 5.92 Å². The van der Waals surface area contributed by atoms with Crippen molar-refractivity contribution in [1.29, 1.82) is 0 Å². The highest BCUT2D eigenvalue weighted by Crippen LogP contribution is 2.27. The molecule has 0 amide bonds. The van der Waals surface area contributed by atoms with Gasteiger partial charge in [0.25, 0.3) is 0 Å². The van der Waals surface area contributed by atoms with E-state index in [-0.39, 0.29) is 29.1 Å². The molecule has 7 nitrogen and oxygen atoms in total. The Morgan fingerprint density at radius 1 is 1.25 bits per heavy atom. The van der Waals surface area contributed by atoms with Crippen molar-refractivity contribution in [3.63, 3.8) is 0 Å². The SMILES string of the molecule is C=CC(CCCc1c(N)nc(N)nc1O)c1ccc(C(=O)O)cc1. The van der Waals surface area contributed by atoms with Crippen LogP contribution in [0.1, 0.15) is 40.2 Å². The van der Waals surface area contributed by atoms with Crippen LogP contribution in [0.5, 0.6) is 5.88 Å². The first kappa shape index (κ1) is 17.3. The van der Waals surface area contributed by atoms with Crippen molar-refractivity contribution in [2.24, 2.45) is 0 Å². The van der Waals surface area contributed by atoms with Gasteiger partial charge >= 0.3 is 5.97 Å². The molecular weight excluding hydrogens is 308 g/mol. The van der Waals surface area contributed by atoms with Gasteiger partial charge in [-0.25, -0.2) is 4.79 Å². The van der Waals surface area contributed by atoms with E-state index in [2.05, 4.69) is 16.5 Å². The quantitative estimate of drug-likeness (QED) is 0.573. The zero-order chi connectivity index (χ0) is 17.7. The molecule has 2 aromatic rings. The minimum atomic E-state index is -0.953. The molecule has 6 N–H and O–H groups in total. The molecule has 0 aliphatic heterocycles. The van der Waals surface area contributed by atoms with Crippen LogP contribution in [0.25, 0.3) is 0 Å². The summed E-state index contributed by atoms with van der Waals surface area (Å²) in [6.45, 7) is 3.84. The van der Waals surface area contributed by atoms with Crippen LogP contribution in [0.4, 0.5) is 11.8 Å². The van der Waals surface area contributed by atoms with Gasteiger partial charge < -0.3 is 21.7 Å². The molecule has 7 heteroatoms. The van der Waals surface area contributed by atoms with E-state index in [0.717, 1.165) is 18.4 Å². The average molecular weight is 328 g/mol. The van der Waals surface area contributed by atoms with E-state index < -0.39 is 5.97 Å². The molecular formula is C17H20N4O3. The number of allylic oxidation sites excluding steroid dienone is 1. The normalized spacial score (nSPS) is 11.8. The molecule has 24 heavy (non-hydrogen) atoms. The number of benzene rings is 1. The van der Waals surface area contributed by atoms with Gasteiger partial charge in [0.1, 0.15) is 5.82 Å². The number of hydrogen-bond donors (Lipinski definition) is 4. The van der Waals surface area contributed by atoms with Crippen molar-refractivity contribution in [3.05, 3.63) is 53.6 Å². The number of anilines is 2. The summed E-state index contributed by atoms with van der Waals surface area (Å²) in [5.41, 5.74) is 12.9. The van der Waals surface area contributed by atoms with Gasteiger partial charge in [-0.2, -0.15) is 9.97 Å². The predicted molar refractivity (Wildman–Crippen MR) is 91.8 cm³/mol. The maximum atomic E-state index is 10.9. The molecule has 0 aliphatic rings. The predicted octanol–water partition coefficient (Wildman–Crippen LogP) is 2.34. The minimum absolute atomic E-state index is 0.0590. The van der Waals surface area contributed by atoms with Crippen molar-refractivity contribution in [3.8, 4) is 5.88 Å². The first-order valence-corrected chi connectivity index (χ1v) is 7.49. The van der Waals surface area contributed by atoms with Crippen molar-refractivity contribution in [2.75, 3.05) is 11.5 Å². The average Bonchev–Trinajstić information content (AvgIpc) is 2.53. The molecule has 0 fully saturated rings. The Hall–Kier alpha value is -3.09. The molecule has 0 radical (unpaired) electrons. The van der Waals surface area contributed by atoms with E-state index in [0.29, 0.717) is 12.0 Å². The van der Waals surface area contributed by atoms with Gasteiger partial charge in [0.05, 0.1) is 11.1 Å². The lowest BCUT2D eigenvalue weighted by atomic mass is 9.92. The number of carbonyl (C=O) groups is 1. The van der Waals surface area contributed by atoms with E-state index in [1.807, 2.05) is 6.08 Å². The summed E-state index contributed by atoms with van der Waals surface area (Å²) in [5.74, 6) is -0.949. The molecule has 1 aromatic carbocycles. The molecule has 126 valence electrons. The van der Waals surface area contributed by atoms with Crippen LogP contribution in [0, 0.1) is 0 Å². The summed E-state index contributed by atoms with van der Waals surface area (Å²) < 4.78 is 0. The molecule has 1 unspecified atom stereocenters. The van der Waals surface area contributed by atoms with Gasteiger partial charge in [-0.1, -0.05) is 18.2 Å². The molecule has 1 heterocycles. The molecule has 0 spiro atoms. The van der Waals surface area contributed by atoms with E-state index >= 15 is 0 Å². The number of aromatic hydroxyl groups is 1. The Morgan fingerprint density at radius 3 is 2.46 bits per heavy atom. The van der Waals surface area contributed by atoms with Gasteiger partial charge in [-0.05, 0) is 37.0 Å². The first-order chi connectivity index (χ1) is 11.4. The third-order valence-electron chi connectivity index (χ3n) is 3.85. The molecule has 0 aliphatic carbocycles. The highest BCUT2D eigenvalue weighted by molar-refractivity contribution is 5.87. The second-order valence-electron chi connectivity index (χ2n) is 5.43. The lowest BCUT2D eigenvalue weighted by molar-refractivity contribution is 0.0697. The summed E-state index contributed by atoms with van der Waals surface area (Å²) in [7, 11) is 0. The number of aromatic carboxylic acids is 1. The van der Waals surface area contributed by atoms with Crippen molar-refractivity contribution in [2.45, 2.75) is 25.2 Å². The molecule has 0 bridgehead atoms. The lowest BCUT2D eigenvalue weighted by Gasteiger charge is -2.14. The summed E-state index contributed by atoms with van der Waals surface area (Å²) in [6, 6.07) is 6.72. The maximum absolute atomic E-state index is 10.9. The van der Waals surface area contributed by atoms with E-state index in [1.54, 1.807) is 24.3 Å². The molecule has 2 rings (SSSR count). The van der Waals surface area contributed by atoms with Crippen LogP contribution in [0.3, 0.4) is 0 Å². The maximum Gasteiger partial charge on any atom is 0.335 e. The zero-order valence-electron chi connectivity index (χ0n) is 13.1. The lowest BCUT2D eigenvalue weighted by Crippen LogP contribution is -2.05. The molecule has 0 saturated carbocycles. The van der Waals surface area contributed by atoms with Crippen LogP contribution in [-0.4, -0.2) is 26.2 Å². The fraction of sp³-hybridized carbons (Fsp3) is 0.235. The zero-order valence-corrected chi connectivity index (χ0v) is 13.1. The standard InChI is InChI=1S/C17H20N4O3/c1-2-10(11-6-8-12(9-7-11)16(23)24)4-3-5-13-14(18)20-17(19)21-15(13)22/h2,6-10H,1,3-5H2,(H,23,24)(H5,18,19,20,21,22). The Morgan fingerprint density at radius 2 is 1.92 bits per heavy atom. The summed E-state index contributed by atoms with van der Waals surface area (Å²) in [4.78, 5) is 18.4.